The third kappa shape index (κ3) is 3.96. The minimum Gasteiger partial charge on any atom is -0.495 e. The quantitative estimate of drug-likeness (QED) is 0.325. The summed E-state index contributed by atoms with van der Waals surface area (Å²) in [5.74, 6) is 0.642. The second-order valence-electron chi connectivity index (χ2n) is 6.93. The lowest BCUT2D eigenvalue weighted by Gasteiger charge is -2.14. The number of hydrogen-bond acceptors (Lipinski definition) is 6. The molecular weight excluding hydrogens is 450 g/mol. The number of benzene rings is 2. The third-order valence-corrected chi connectivity index (χ3v) is 6.14. The third-order valence-electron chi connectivity index (χ3n) is 4.86. The van der Waals surface area contributed by atoms with Gasteiger partial charge in [-0.15, -0.1) is 16.8 Å². The molecule has 10 heteroatoms. The number of anilines is 1. The smallest absolute Gasteiger partial charge is 0.263 e. The van der Waals surface area contributed by atoms with Gasteiger partial charge in [0.15, 0.2) is 5.16 Å². The Balaban J connectivity index is 1.70. The number of amides is 1. The number of carbonyl (C=O) groups is 1. The maximum absolute atomic E-state index is 12.9. The van der Waals surface area contributed by atoms with Crippen molar-refractivity contribution in [3.05, 3.63) is 70.5 Å². The summed E-state index contributed by atoms with van der Waals surface area (Å²) in [5.41, 5.74) is 0.981. The van der Waals surface area contributed by atoms with E-state index in [9.17, 15) is 9.59 Å². The number of methoxy groups -OCH3 is 1. The highest BCUT2D eigenvalue weighted by atomic mass is 35.5. The molecule has 0 fully saturated rings. The van der Waals surface area contributed by atoms with Crippen LogP contribution in [0, 0.1) is 0 Å². The first-order valence-electron chi connectivity index (χ1n) is 9.73. The SMILES string of the molecule is C=CCn1c(=O)c2ccccc2n2c(SC(C)C(=O)Nc3cc(Cl)ccc3OC)nnc12. The summed E-state index contributed by atoms with van der Waals surface area (Å²) in [4.78, 5) is 25.8. The van der Waals surface area contributed by atoms with E-state index in [1.54, 1.807) is 47.7 Å². The summed E-state index contributed by atoms with van der Waals surface area (Å²) < 4.78 is 8.59. The first-order valence-corrected chi connectivity index (χ1v) is 11.0. The molecule has 2 aromatic carbocycles. The Bertz CT molecular complexity index is 1400. The van der Waals surface area contributed by atoms with Crippen LogP contribution in [0.1, 0.15) is 6.92 Å². The van der Waals surface area contributed by atoms with Crippen LogP contribution in [-0.4, -0.2) is 37.4 Å². The predicted octanol–water partition coefficient (Wildman–Crippen LogP) is 4.01. The van der Waals surface area contributed by atoms with Crippen LogP contribution in [0.3, 0.4) is 0 Å². The second kappa shape index (κ2) is 9.05. The van der Waals surface area contributed by atoms with Gasteiger partial charge in [-0.25, -0.2) is 0 Å². The highest BCUT2D eigenvalue weighted by molar-refractivity contribution is 8.00. The zero-order valence-electron chi connectivity index (χ0n) is 17.4. The number of nitrogens with one attached hydrogen (secondary N) is 1. The molecule has 8 nitrogen and oxygen atoms in total. The first-order chi connectivity index (χ1) is 15.4. The normalized spacial score (nSPS) is 12.1. The van der Waals surface area contributed by atoms with Crippen molar-refractivity contribution in [2.75, 3.05) is 12.4 Å². The number of thioether (sulfide) groups is 1. The van der Waals surface area contributed by atoms with Gasteiger partial charge >= 0.3 is 0 Å². The van der Waals surface area contributed by atoms with Crippen LogP contribution in [0.2, 0.25) is 5.02 Å². The van der Waals surface area contributed by atoms with Crippen LogP contribution in [0.4, 0.5) is 5.69 Å². The van der Waals surface area contributed by atoms with Crippen molar-refractivity contribution in [2.45, 2.75) is 23.9 Å². The maximum Gasteiger partial charge on any atom is 0.263 e. The summed E-state index contributed by atoms with van der Waals surface area (Å²) in [6, 6.07) is 12.2. The summed E-state index contributed by atoms with van der Waals surface area (Å²) in [6.45, 7) is 5.78. The number of allylic oxidation sites excluding steroid dienone is 1. The largest absolute Gasteiger partial charge is 0.495 e. The molecule has 1 atom stereocenters. The number of hydrogen-bond donors (Lipinski definition) is 1. The molecule has 0 aliphatic carbocycles. The lowest BCUT2D eigenvalue weighted by molar-refractivity contribution is -0.115. The van der Waals surface area contributed by atoms with E-state index in [-0.39, 0.29) is 11.5 Å². The van der Waals surface area contributed by atoms with Crippen molar-refractivity contribution in [3.63, 3.8) is 0 Å². The molecule has 32 heavy (non-hydrogen) atoms. The fourth-order valence-electron chi connectivity index (χ4n) is 3.33. The van der Waals surface area contributed by atoms with Crippen LogP contribution < -0.4 is 15.6 Å². The molecule has 2 heterocycles. The van der Waals surface area contributed by atoms with Gasteiger partial charge in [-0.05, 0) is 37.3 Å². The second-order valence-corrected chi connectivity index (χ2v) is 8.68. The summed E-state index contributed by atoms with van der Waals surface area (Å²) in [5, 5.41) is 12.3. The van der Waals surface area contributed by atoms with Gasteiger partial charge in [0.2, 0.25) is 11.7 Å². The van der Waals surface area contributed by atoms with Gasteiger partial charge in [0.25, 0.3) is 5.56 Å². The highest BCUT2D eigenvalue weighted by Crippen LogP contribution is 2.30. The number of fused-ring (bicyclic) bond motifs is 3. The minimum absolute atomic E-state index is 0.171. The number of para-hydroxylation sites is 1. The molecule has 1 unspecified atom stereocenters. The number of halogens is 1. The van der Waals surface area contributed by atoms with E-state index >= 15 is 0 Å². The van der Waals surface area contributed by atoms with E-state index < -0.39 is 5.25 Å². The molecule has 1 N–H and O–H groups in total. The minimum atomic E-state index is -0.523. The van der Waals surface area contributed by atoms with Crippen LogP contribution in [-0.2, 0) is 11.3 Å². The van der Waals surface area contributed by atoms with E-state index in [0.29, 0.717) is 44.8 Å². The van der Waals surface area contributed by atoms with Gasteiger partial charge in [-0.3, -0.25) is 18.6 Å². The summed E-state index contributed by atoms with van der Waals surface area (Å²) in [7, 11) is 1.52. The van der Waals surface area contributed by atoms with Crippen molar-refractivity contribution in [1.82, 2.24) is 19.2 Å². The fourth-order valence-corrected chi connectivity index (χ4v) is 4.36. The van der Waals surface area contributed by atoms with Gasteiger partial charge in [-0.2, -0.15) is 0 Å². The zero-order valence-corrected chi connectivity index (χ0v) is 19.0. The Morgan fingerprint density at radius 3 is 2.84 bits per heavy atom. The van der Waals surface area contributed by atoms with E-state index in [2.05, 4.69) is 22.1 Å². The first kappa shape index (κ1) is 21.9. The van der Waals surface area contributed by atoms with E-state index in [1.807, 2.05) is 12.1 Å². The monoisotopic (exact) mass is 469 g/mol. The Kier molecular flexibility index (Phi) is 6.20. The van der Waals surface area contributed by atoms with Crippen molar-refractivity contribution >= 4 is 51.6 Å². The molecule has 1 amide bonds. The number of carbonyl (C=O) groups excluding carboxylic acids is 1. The standard InChI is InChI=1S/C22H20ClN5O3S/c1-4-11-27-20(30)15-7-5-6-8-17(15)28-21(27)25-26-22(28)32-13(2)19(29)24-16-12-14(23)9-10-18(16)31-3/h4-10,12-13H,1,11H2,2-3H3,(H,24,29). The average Bonchev–Trinajstić information content (AvgIpc) is 3.20. The lowest BCUT2D eigenvalue weighted by Crippen LogP contribution is -2.24. The zero-order chi connectivity index (χ0) is 22.8. The van der Waals surface area contributed by atoms with Crippen LogP contribution in [0.5, 0.6) is 5.75 Å². The Morgan fingerprint density at radius 1 is 1.31 bits per heavy atom. The Hall–Kier alpha value is -3.30. The molecule has 0 spiro atoms. The number of nitrogens with zero attached hydrogens (tertiary/aromatic N) is 4. The topological polar surface area (TPSA) is 90.5 Å². The molecule has 0 radical (unpaired) electrons. The maximum atomic E-state index is 12.9. The number of aromatic nitrogens is 4. The fraction of sp³-hybridized carbons (Fsp3) is 0.182. The predicted molar refractivity (Wildman–Crippen MR) is 127 cm³/mol. The Morgan fingerprint density at radius 2 is 2.09 bits per heavy atom. The van der Waals surface area contributed by atoms with Gasteiger partial charge in [0.1, 0.15) is 5.75 Å². The van der Waals surface area contributed by atoms with Gasteiger partial charge < -0.3 is 10.1 Å². The van der Waals surface area contributed by atoms with Crippen molar-refractivity contribution < 1.29 is 9.53 Å². The van der Waals surface area contributed by atoms with Gasteiger partial charge in [-0.1, -0.05) is 41.6 Å². The molecular formula is C22H20ClN5O3S. The van der Waals surface area contributed by atoms with E-state index in [1.165, 1.54) is 23.4 Å². The lowest BCUT2D eigenvalue weighted by atomic mass is 10.2. The Labute approximate surface area is 192 Å². The van der Waals surface area contributed by atoms with Crippen molar-refractivity contribution in [3.8, 4) is 5.75 Å². The molecule has 0 bridgehead atoms. The van der Waals surface area contributed by atoms with Crippen molar-refractivity contribution in [2.24, 2.45) is 0 Å². The number of ether oxygens (including phenoxy) is 1. The molecule has 0 saturated heterocycles. The van der Waals surface area contributed by atoms with Crippen molar-refractivity contribution in [1.29, 1.82) is 0 Å². The molecule has 4 rings (SSSR count). The number of rotatable bonds is 7. The van der Waals surface area contributed by atoms with Gasteiger partial charge in [0, 0.05) is 11.6 Å². The molecule has 164 valence electrons. The van der Waals surface area contributed by atoms with E-state index in [0.717, 1.165) is 0 Å². The van der Waals surface area contributed by atoms with Crippen LogP contribution in [0.15, 0.2) is 65.1 Å². The van der Waals surface area contributed by atoms with Crippen LogP contribution >= 0.6 is 23.4 Å². The summed E-state index contributed by atoms with van der Waals surface area (Å²) >= 11 is 7.29. The van der Waals surface area contributed by atoms with Gasteiger partial charge in [0.05, 0.1) is 29.0 Å². The molecule has 0 saturated carbocycles. The average molecular weight is 470 g/mol. The molecule has 0 aliphatic heterocycles. The van der Waals surface area contributed by atoms with Crippen LogP contribution in [0.25, 0.3) is 16.7 Å². The molecule has 4 aromatic rings. The van der Waals surface area contributed by atoms with E-state index in [4.69, 9.17) is 16.3 Å². The highest BCUT2D eigenvalue weighted by Gasteiger charge is 2.22. The summed E-state index contributed by atoms with van der Waals surface area (Å²) in [6.07, 6.45) is 1.63. The molecule has 0 aliphatic rings. The molecule has 2 aromatic heterocycles.